The molecule has 3 aromatic rings. The lowest BCUT2D eigenvalue weighted by Crippen LogP contribution is -2.29. The summed E-state index contributed by atoms with van der Waals surface area (Å²) in [6, 6.07) is 3.59. The van der Waals surface area contributed by atoms with Crippen LogP contribution in [0.3, 0.4) is 0 Å². The van der Waals surface area contributed by atoms with Gasteiger partial charge in [-0.05, 0) is 12.1 Å². The lowest BCUT2D eigenvalue weighted by molar-refractivity contribution is 0.102. The van der Waals surface area contributed by atoms with E-state index >= 15 is 0 Å². The van der Waals surface area contributed by atoms with E-state index in [9.17, 15) is 4.79 Å². The maximum atomic E-state index is 12.4. The third kappa shape index (κ3) is 2.93. The predicted octanol–water partition coefficient (Wildman–Crippen LogP) is 0.332. The summed E-state index contributed by atoms with van der Waals surface area (Å²) < 4.78 is 5.59. The molecule has 9 heteroatoms. The summed E-state index contributed by atoms with van der Waals surface area (Å²) >= 11 is 0. The maximum Gasteiger partial charge on any atom is 0.277 e. The van der Waals surface area contributed by atoms with Crippen molar-refractivity contribution < 1.29 is 4.79 Å². The van der Waals surface area contributed by atoms with Gasteiger partial charge in [0.1, 0.15) is 11.6 Å². The van der Waals surface area contributed by atoms with Crippen LogP contribution in [0.5, 0.6) is 0 Å². The molecule has 0 atom stereocenters. The molecule has 1 aliphatic rings. The van der Waals surface area contributed by atoms with Crippen molar-refractivity contribution in [3.8, 4) is 0 Å². The van der Waals surface area contributed by atoms with Crippen molar-refractivity contribution in [2.75, 3.05) is 11.9 Å². The minimum absolute atomic E-state index is 0.228. The van der Waals surface area contributed by atoms with Gasteiger partial charge in [0.05, 0.1) is 25.8 Å². The molecule has 0 aromatic carbocycles. The predicted molar refractivity (Wildman–Crippen MR) is 86.3 cm³/mol. The summed E-state index contributed by atoms with van der Waals surface area (Å²) in [6.45, 7) is 3.75. The van der Waals surface area contributed by atoms with E-state index in [0.717, 1.165) is 25.5 Å². The number of nitrogens with zero attached hydrogens (tertiary/aromatic N) is 6. The molecule has 4 rings (SSSR count). The van der Waals surface area contributed by atoms with Crippen molar-refractivity contribution in [2.24, 2.45) is 0 Å². The van der Waals surface area contributed by atoms with Crippen LogP contribution in [-0.4, -0.2) is 41.6 Å². The number of imidazole rings is 1. The molecule has 124 valence electrons. The molecule has 9 nitrogen and oxygen atoms in total. The zero-order chi connectivity index (χ0) is 16.4. The molecule has 2 N–H and O–H groups in total. The fourth-order valence-electron chi connectivity index (χ4n) is 2.72. The Kier molecular flexibility index (Phi) is 3.83. The van der Waals surface area contributed by atoms with Crippen LogP contribution in [-0.2, 0) is 26.2 Å². The Morgan fingerprint density at radius 3 is 3.08 bits per heavy atom. The van der Waals surface area contributed by atoms with Crippen LogP contribution < -0.4 is 10.6 Å². The molecule has 24 heavy (non-hydrogen) atoms. The van der Waals surface area contributed by atoms with Gasteiger partial charge >= 0.3 is 0 Å². The summed E-state index contributed by atoms with van der Waals surface area (Å²) in [7, 11) is 0. The van der Waals surface area contributed by atoms with Crippen molar-refractivity contribution in [1.29, 1.82) is 0 Å². The minimum atomic E-state index is -0.228. The molecule has 3 aromatic heterocycles. The van der Waals surface area contributed by atoms with Gasteiger partial charge in [-0.25, -0.2) is 4.98 Å². The summed E-state index contributed by atoms with van der Waals surface area (Å²) in [4.78, 5) is 16.7. The highest BCUT2D eigenvalue weighted by molar-refractivity contribution is 6.02. The zero-order valence-electron chi connectivity index (χ0n) is 13.1. The number of hydrogen-bond donors (Lipinski definition) is 2. The van der Waals surface area contributed by atoms with Crippen LogP contribution in [0.15, 0.2) is 36.9 Å². The highest BCUT2D eigenvalue weighted by Gasteiger charge is 2.17. The second-order valence-corrected chi connectivity index (χ2v) is 5.58. The SMILES string of the molecule is O=C(Nc1cnc2n1CCNC2)c1ccn(CCn2cccn2)n1. The molecule has 0 saturated carbocycles. The first kappa shape index (κ1) is 14.6. The van der Waals surface area contributed by atoms with Crippen molar-refractivity contribution in [2.45, 2.75) is 26.2 Å². The summed E-state index contributed by atoms with van der Waals surface area (Å²) in [5, 5.41) is 14.6. The number of amides is 1. The van der Waals surface area contributed by atoms with E-state index < -0.39 is 0 Å². The Bertz CT molecular complexity index is 832. The Morgan fingerprint density at radius 1 is 1.29 bits per heavy atom. The second-order valence-electron chi connectivity index (χ2n) is 5.58. The first-order chi connectivity index (χ1) is 11.8. The van der Waals surface area contributed by atoms with Gasteiger partial charge in [-0.2, -0.15) is 10.2 Å². The van der Waals surface area contributed by atoms with Crippen molar-refractivity contribution in [3.05, 3.63) is 48.4 Å². The number of aromatic nitrogens is 6. The van der Waals surface area contributed by atoms with Crippen molar-refractivity contribution in [3.63, 3.8) is 0 Å². The van der Waals surface area contributed by atoms with Gasteiger partial charge < -0.3 is 15.2 Å². The average molecular weight is 326 g/mol. The number of rotatable bonds is 5. The molecule has 0 radical (unpaired) electrons. The third-order valence-corrected chi connectivity index (χ3v) is 3.97. The van der Waals surface area contributed by atoms with E-state index in [0.29, 0.717) is 24.6 Å². The Hall–Kier alpha value is -2.94. The molecular formula is C15H18N8O. The summed E-state index contributed by atoms with van der Waals surface area (Å²) in [5.74, 6) is 1.41. The van der Waals surface area contributed by atoms with Gasteiger partial charge in [-0.1, -0.05) is 0 Å². The zero-order valence-corrected chi connectivity index (χ0v) is 13.1. The van der Waals surface area contributed by atoms with Crippen LogP contribution in [0.2, 0.25) is 0 Å². The van der Waals surface area contributed by atoms with Crippen molar-refractivity contribution >= 4 is 11.7 Å². The summed E-state index contributed by atoms with van der Waals surface area (Å²) in [6.07, 6.45) is 7.13. The molecule has 1 amide bonds. The van der Waals surface area contributed by atoms with Gasteiger partial charge in [0.15, 0.2) is 5.69 Å². The van der Waals surface area contributed by atoms with Gasteiger partial charge in [0, 0.05) is 31.7 Å². The number of nitrogens with one attached hydrogen (secondary N) is 2. The quantitative estimate of drug-likeness (QED) is 0.705. The van der Waals surface area contributed by atoms with Gasteiger partial charge in [0.25, 0.3) is 5.91 Å². The maximum absolute atomic E-state index is 12.4. The Morgan fingerprint density at radius 2 is 2.21 bits per heavy atom. The van der Waals surface area contributed by atoms with Crippen LogP contribution in [0.1, 0.15) is 16.3 Å². The van der Waals surface area contributed by atoms with E-state index in [-0.39, 0.29) is 5.91 Å². The Balaban J connectivity index is 1.40. The standard InChI is InChI=1S/C15H18N8O/c24-15(19-14-11-17-13-10-16-4-7-23(13)14)12-2-6-22(20-12)9-8-21-5-1-3-18-21/h1-3,5-6,11,16H,4,7-10H2,(H,19,24). The minimum Gasteiger partial charge on any atom is -0.312 e. The van der Waals surface area contributed by atoms with Crippen LogP contribution in [0.25, 0.3) is 0 Å². The highest BCUT2D eigenvalue weighted by Crippen LogP contribution is 2.14. The molecule has 0 unspecified atom stereocenters. The number of aryl methyl sites for hydroxylation is 2. The number of carbonyl (C=O) groups is 1. The third-order valence-electron chi connectivity index (χ3n) is 3.97. The van der Waals surface area contributed by atoms with Gasteiger partial charge in [0.2, 0.25) is 0 Å². The van der Waals surface area contributed by atoms with E-state index in [1.165, 1.54) is 0 Å². The van der Waals surface area contributed by atoms with E-state index in [1.807, 2.05) is 21.5 Å². The molecule has 0 saturated heterocycles. The van der Waals surface area contributed by atoms with Crippen LogP contribution in [0, 0.1) is 0 Å². The molecule has 0 spiro atoms. The molecule has 4 heterocycles. The fraction of sp³-hybridized carbons (Fsp3) is 0.333. The highest BCUT2D eigenvalue weighted by atomic mass is 16.2. The molecular weight excluding hydrogens is 308 g/mol. The van der Waals surface area contributed by atoms with E-state index in [4.69, 9.17) is 0 Å². The lowest BCUT2D eigenvalue weighted by atomic mass is 10.4. The fourth-order valence-corrected chi connectivity index (χ4v) is 2.72. The van der Waals surface area contributed by atoms with E-state index in [2.05, 4.69) is 25.8 Å². The second kappa shape index (κ2) is 6.28. The monoisotopic (exact) mass is 326 g/mol. The molecule has 0 aliphatic carbocycles. The number of hydrogen-bond acceptors (Lipinski definition) is 5. The molecule has 0 bridgehead atoms. The number of anilines is 1. The number of carbonyl (C=O) groups excluding carboxylic acids is 1. The molecule has 0 fully saturated rings. The first-order valence-corrected chi connectivity index (χ1v) is 7.87. The molecule has 1 aliphatic heterocycles. The van der Waals surface area contributed by atoms with Crippen LogP contribution in [0.4, 0.5) is 5.82 Å². The lowest BCUT2D eigenvalue weighted by Gasteiger charge is -2.17. The normalized spacial score (nSPS) is 13.7. The van der Waals surface area contributed by atoms with Crippen molar-refractivity contribution in [1.82, 2.24) is 34.4 Å². The van der Waals surface area contributed by atoms with Gasteiger partial charge in [-0.15, -0.1) is 0 Å². The number of fused-ring (bicyclic) bond motifs is 1. The topological polar surface area (TPSA) is 94.6 Å². The van der Waals surface area contributed by atoms with Crippen LogP contribution >= 0.6 is 0 Å². The average Bonchev–Trinajstić information content (AvgIpc) is 3.34. The van der Waals surface area contributed by atoms with E-state index in [1.54, 1.807) is 29.3 Å². The summed E-state index contributed by atoms with van der Waals surface area (Å²) in [5.41, 5.74) is 0.389. The smallest absolute Gasteiger partial charge is 0.277 e. The largest absolute Gasteiger partial charge is 0.312 e. The first-order valence-electron chi connectivity index (χ1n) is 7.87. The van der Waals surface area contributed by atoms with Gasteiger partial charge in [-0.3, -0.25) is 14.2 Å². The Labute approximate surface area is 138 Å².